The van der Waals surface area contributed by atoms with Gasteiger partial charge in [-0.15, -0.1) is 0 Å². The monoisotopic (exact) mass is 286 g/mol. The van der Waals surface area contributed by atoms with Crippen LogP contribution in [0.15, 0.2) is 18.2 Å². The van der Waals surface area contributed by atoms with Crippen molar-refractivity contribution in [2.45, 2.75) is 19.5 Å². The fourth-order valence-electron chi connectivity index (χ4n) is 1.71. The molecule has 1 atom stereocenters. The van der Waals surface area contributed by atoms with Crippen molar-refractivity contribution >= 4 is 11.6 Å². The maximum atomic E-state index is 5.93. The van der Waals surface area contributed by atoms with Crippen molar-refractivity contribution in [2.75, 3.05) is 33.9 Å². The average Bonchev–Trinajstić information content (AvgIpc) is 2.42. The van der Waals surface area contributed by atoms with Crippen molar-refractivity contribution in [3.05, 3.63) is 28.8 Å². The normalized spacial score (nSPS) is 12.4. The molecule has 108 valence electrons. The Balaban J connectivity index is 2.35. The van der Waals surface area contributed by atoms with E-state index in [0.717, 1.165) is 37.6 Å². The molecular weight excluding hydrogens is 264 g/mol. The highest BCUT2D eigenvalue weighted by Gasteiger charge is 2.06. The Morgan fingerprint density at radius 3 is 2.79 bits per heavy atom. The molecule has 0 saturated carbocycles. The predicted molar refractivity (Wildman–Crippen MR) is 79.1 cm³/mol. The summed E-state index contributed by atoms with van der Waals surface area (Å²) >= 11 is 5.93. The van der Waals surface area contributed by atoms with E-state index < -0.39 is 0 Å². The quantitative estimate of drug-likeness (QED) is 0.682. The molecule has 5 heteroatoms. The van der Waals surface area contributed by atoms with E-state index in [1.54, 1.807) is 14.2 Å². The summed E-state index contributed by atoms with van der Waals surface area (Å²) in [5, 5.41) is 7.45. The van der Waals surface area contributed by atoms with Crippen LogP contribution in [-0.4, -0.2) is 40.0 Å². The zero-order valence-electron chi connectivity index (χ0n) is 11.8. The van der Waals surface area contributed by atoms with Gasteiger partial charge in [-0.1, -0.05) is 17.7 Å². The van der Waals surface area contributed by atoms with Gasteiger partial charge in [-0.3, -0.25) is 0 Å². The minimum Gasteiger partial charge on any atom is -0.496 e. The van der Waals surface area contributed by atoms with Crippen LogP contribution in [0.3, 0.4) is 0 Å². The Morgan fingerprint density at radius 2 is 2.11 bits per heavy atom. The van der Waals surface area contributed by atoms with Gasteiger partial charge in [0.25, 0.3) is 0 Å². The lowest BCUT2D eigenvalue weighted by atomic mass is 10.2. The fraction of sp³-hybridized carbons (Fsp3) is 0.571. The second kappa shape index (κ2) is 9.15. The van der Waals surface area contributed by atoms with Gasteiger partial charge in [0.15, 0.2) is 0 Å². The van der Waals surface area contributed by atoms with Crippen LogP contribution in [0.25, 0.3) is 0 Å². The fourth-order valence-corrected chi connectivity index (χ4v) is 1.88. The molecule has 2 N–H and O–H groups in total. The minimum absolute atomic E-state index is 0.372. The van der Waals surface area contributed by atoms with E-state index in [1.807, 2.05) is 18.2 Å². The van der Waals surface area contributed by atoms with Gasteiger partial charge < -0.3 is 20.1 Å². The highest BCUT2D eigenvalue weighted by atomic mass is 35.5. The largest absolute Gasteiger partial charge is 0.496 e. The Morgan fingerprint density at radius 1 is 1.32 bits per heavy atom. The second-order valence-electron chi connectivity index (χ2n) is 4.44. The number of ether oxygens (including phenoxy) is 2. The number of rotatable bonds is 9. The number of methoxy groups -OCH3 is 2. The molecule has 0 amide bonds. The lowest BCUT2D eigenvalue weighted by molar-refractivity contribution is 0.198. The molecule has 1 rings (SSSR count). The first kappa shape index (κ1) is 16.2. The van der Waals surface area contributed by atoms with Crippen LogP contribution in [0.5, 0.6) is 5.75 Å². The molecule has 0 aliphatic heterocycles. The number of halogens is 1. The Hall–Kier alpha value is -0.810. The maximum Gasteiger partial charge on any atom is 0.124 e. The van der Waals surface area contributed by atoms with Gasteiger partial charge in [-0.05, 0) is 19.1 Å². The smallest absolute Gasteiger partial charge is 0.124 e. The van der Waals surface area contributed by atoms with Crippen molar-refractivity contribution in [2.24, 2.45) is 0 Å². The van der Waals surface area contributed by atoms with Gasteiger partial charge in [0.05, 0.1) is 13.7 Å². The number of benzene rings is 1. The predicted octanol–water partition coefficient (Wildman–Crippen LogP) is 2.06. The summed E-state index contributed by atoms with van der Waals surface area (Å²) in [6, 6.07) is 6.07. The van der Waals surface area contributed by atoms with E-state index in [9.17, 15) is 0 Å². The molecule has 0 aliphatic rings. The Labute approximate surface area is 120 Å². The number of hydrogen-bond acceptors (Lipinski definition) is 4. The summed E-state index contributed by atoms with van der Waals surface area (Å²) in [5.41, 5.74) is 1.11. The lowest BCUT2D eigenvalue weighted by Gasteiger charge is -2.16. The first-order chi connectivity index (χ1) is 9.17. The van der Waals surface area contributed by atoms with Crippen LogP contribution in [0.1, 0.15) is 12.5 Å². The van der Waals surface area contributed by atoms with Crippen LogP contribution in [-0.2, 0) is 11.3 Å². The van der Waals surface area contributed by atoms with Crippen LogP contribution in [0.4, 0.5) is 0 Å². The summed E-state index contributed by atoms with van der Waals surface area (Å²) in [4.78, 5) is 0. The molecule has 19 heavy (non-hydrogen) atoms. The zero-order chi connectivity index (χ0) is 14.1. The van der Waals surface area contributed by atoms with E-state index in [2.05, 4.69) is 17.6 Å². The van der Waals surface area contributed by atoms with Crippen molar-refractivity contribution in [1.29, 1.82) is 0 Å². The molecule has 1 unspecified atom stereocenters. The zero-order valence-corrected chi connectivity index (χ0v) is 12.6. The van der Waals surface area contributed by atoms with E-state index in [0.29, 0.717) is 11.1 Å². The minimum atomic E-state index is 0.372. The van der Waals surface area contributed by atoms with Gasteiger partial charge in [-0.2, -0.15) is 0 Å². The average molecular weight is 287 g/mol. The first-order valence-electron chi connectivity index (χ1n) is 6.42. The Kier molecular flexibility index (Phi) is 7.82. The SMILES string of the molecule is COCCNCC(C)NCc1ccc(Cl)cc1OC. The molecule has 0 radical (unpaired) electrons. The standard InChI is InChI=1S/C14H23ClN2O2/c1-11(9-16-6-7-18-2)17-10-12-4-5-13(15)8-14(12)19-3/h4-5,8,11,16-17H,6-7,9-10H2,1-3H3. The third kappa shape index (κ3) is 6.25. The molecule has 1 aromatic rings. The molecule has 0 aliphatic carbocycles. The summed E-state index contributed by atoms with van der Waals surface area (Å²) in [7, 11) is 3.36. The second-order valence-corrected chi connectivity index (χ2v) is 4.87. The number of nitrogens with one attached hydrogen (secondary N) is 2. The third-order valence-electron chi connectivity index (χ3n) is 2.82. The molecule has 0 saturated heterocycles. The third-order valence-corrected chi connectivity index (χ3v) is 3.06. The number of hydrogen-bond donors (Lipinski definition) is 2. The van der Waals surface area contributed by atoms with Gasteiger partial charge in [0.2, 0.25) is 0 Å². The molecule has 0 fully saturated rings. The summed E-state index contributed by atoms with van der Waals surface area (Å²) in [5.74, 6) is 0.819. The van der Waals surface area contributed by atoms with Crippen molar-refractivity contribution in [3.8, 4) is 5.75 Å². The summed E-state index contributed by atoms with van der Waals surface area (Å²) in [6.45, 7) is 5.40. The van der Waals surface area contributed by atoms with Crippen LogP contribution >= 0.6 is 11.6 Å². The van der Waals surface area contributed by atoms with Gasteiger partial charge in [0, 0.05) is 43.4 Å². The summed E-state index contributed by atoms with van der Waals surface area (Å²) in [6.07, 6.45) is 0. The highest BCUT2D eigenvalue weighted by molar-refractivity contribution is 6.30. The van der Waals surface area contributed by atoms with E-state index in [4.69, 9.17) is 21.1 Å². The molecule has 1 aromatic carbocycles. The van der Waals surface area contributed by atoms with E-state index in [-0.39, 0.29) is 0 Å². The lowest BCUT2D eigenvalue weighted by Crippen LogP contribution is -2.37. The molecule has 0 aromatic heterocycles. The topological polar surface area (TPSA) is 42.5 Å². The first-order valence-corrected chi connectivity index (χ1v) is 6.80. The van der Waals surface area contributed by atoms with E-state index in [1.165, 1.54) is 0 Å². The van der Waals surface area contributed by atoms with Crippen molar-refractivity contribution in [1.82, 2.24) is 10.6 Å². The highest BCUT2D eigenvalue weighted by Crippen LogP contribution is 2.22. The Bertz CT molecular complexity index is 374. The molecule has 0 bridgehead atoms. The van der Waals surface area contributed by atoms with Crippen molar-refractivity contribution < 1.29 is 9.47 Å². The van der Waals surface area contributed by atoms with E-state index >= 15 is 0 Å². The van der Waals surface area contributed by atoms with Crippen LogP contribution in [0.2, 0.25) is 5.02 Å². The van der Waals surface area contributed by atoms with Crippen LogP contribution in [0, 0.1) is 0 Å². The van der Waals surface area contributed by atoms with Gasteiger partial charge in [-0.25, -0.2) is 0 Å². The molecule has 0 spiro atoms. The molecule has 4 nitrogen and oxygen atoms in total. The maximum absolute atomic E-state index is 5.93. The summed E-state index contributed by atoms with van der Waals surface area (Å²) < 4.78 is 10.3. The van der Waals surface area contributed by atoms with Crippen LogP contribution < -0.4 is 15.4 Å². The van der Waals surface area contributed by atoms with Gasteiger partial charge >= 0.3 is 0 Å². The molecule has 0 heterocycles. The van der Waals surface area contributed by atoms with Gasteiger partial charge in [0.1, 0.15) is 5.75 Å². The molecular formula is C14H23ClN2O2. The van der Waals surface area contributed by atoms with Crippen molar-refractivity contribution in [3.63, 3.8) is 0 Å².